The van der Waals surface area contributed by atoms with Crippen molar-refractivity contribution in [2.75, 3.05) is 13.1 Å². The van der Waals surface area contributed by atoms with Crippen molar-refractivity contribution in [1.82, 2.24) is 4.90 Å². The summed E-state index contributed by atoms with van der Waals surface area (Å²) >= 11 is 0. The first-order valence-electron chi connectivity index (χ1n) is 2.31. The molecule has 0 saturated carbocycles. The van der Waals surface area contributed by atoms with Crippen LogP contribution in [0.3, 0.4) is 0 Å². The van der Waals surface area contributed by atoms with Gasteiger partial charge < -0.3 is 16.8 Å². The molecule has 9 heavy (non-hydrogen) atoms. The Hall–Kier alpha value is -0.121. The zero-order valence-electron chi connectivity index (χ0n) is 4.89. The molecule has 1 radical (unpaired) electrons. The van der Waals surface area contributed by atoms with Gasteiger partial charge in [0.1, 0.15) is 0 Å². The maximum atomic E-state index is 10.0. The summed E-state index contributed by atoms with van der Waals surface area (Å²) < 4.78 is 0. The van der Waals surface area contributed by atoms with Crippen molar-refractivity contribution >= 4 is 6.03 Å². The summed E-state index contributed by atoms with van der Waals surface area (Å²) in [5.74, 6) is 0. The number of urea groups is 1. The molecule has 0 aromatic carbocycles. The van der Waals surface area contributed by atoms with Gasteiger partial charge in [0.25, 0.3) is 0 Å². The molecule has 0 bridgehead atoms. The van der Waals surface area contributed by atoms with Crippen LogP contribution in [0.2, 0.25) is 0 Å². The topological polar surface area (TPSA) is 77.6 Å². The van der Waals surface area contributed by atoms with Gasteiger partial charge in [0, 0.05) is 20.1 Å². The number of carbonyl (C=O) groups is 1. The van der Waals surface area contributed by atoms with Crippen LogP contribution in [0.5, 0.6) is 0 Å². The van der Waals surface area contributed by atoms with E-state index in [9.17, 15) is 4.79 Å². The molecule has 3 N–H and O–H groups in total. The first kappa shape index (κ1) is 11.6. The molecule has 1 heterocycles. The van der Waals surface area contributed by atoms with Crippen LogP contribution >= 0.6 is 0 Å². The number of amides is 2. The van der Waals surface area contributed by atoms with E-state index < -0.39 is 6.03 Å². The predicted molar refractivity (Wildman–Crippen MR) is 31.2 cm³/mol. The van der Waals surface area contributed by atoms with Crippen molar-refractivity contribution in [1.29, 1.82) is 0 Å². The van der Waals surface area contributed by atoms with Crippen LogP contribution in [0.1, 0.15) is 6.42 Å². The van der Waals surface area contributed by atoms with Crippen LogP contribution in [0.25, 0.3) is 11.9 Å². The molecular formula is C4H9IrN3O-2. The third-order valence-electron chi connectivity index (χ3n) is 1.14. The second kappa shape index (κ2) is 4.73. The van der Waals surface area contributed by atoms with Gasteiger partial charge in [-0.15, -0.1) is 0 Å². The van der Waals surface area contributed by atoms with Gasteiger partial charge in [-0.3, -0.25) is 4.79 Å². The maximum absolute atomic E-state index is 10.0. The smallest absolute Gasteiger partial charge is 0.152 e. The number of nitrogens with two attached hydrogens (primary N) is 1. The largest absolute Gasteiger partial charge is 0.693 e. The molecule has 57 valence electrons. The van der Waals surface area contributed by atoms with Gasteiger partial charge in [-0.2, -0.15) is 0 Å². The van der Waals surface area contributed by atoms with Crippen molar-refractivity contribution < 1.29 is 24.9 Å². The average molecular weight is 307 g/mol. The summed E-state index contributed by atoms with van der Waals surface area (Å²) in [6, 6.07) is -0.536. The van der Waals surface area contributed by atoms with E-state index in [0.717, 1.165) is 19.5 Å². The summed E-state index contributed by atoms with van der Waals surface area (Å²) in [7, 11) is 0. The molecule has 0 aromatic rings. The quantitative estimate of drug-likeness (QED) is 0.669. The Morgan fingerprint density at radius 2 is 1.89 bits per heavy atom. The number of hydrogen-bond acceptors (Lipinski definition) is 1. The number of rotatable bonds is 0. The third kappa shape index (κ3) is 2.79. The molecular weight excluding hydrogens is 298 g/mol. The van der Waals surface area contributed by atoms with Crippen molar-refractivity contribution in [3.05, 3.63) is 11.9 Å². The van der Waals surface area contributed by atoms with E-state index in [1.54, 1.807) is 0 Å². The minimum atomic E-state index is -0.536. The third-order valence-corrected chi connectivity index (χ3v) is 1.14. The summed E-state index contributed by atoms with van der Waals surface area (Å²) in [5, 5.41) is 0. The number of nitrogens with one attached hydrogen (secondary N) is 1. The van der Waals surface area contributed by atoms with Gasteiger partial charge in [0.2, 0.25) is 0 Å². The fraction of sp³-hybridized carbons (Fsp3) is 0.750. The molecule has 1 rings (SSSR count). The van der Waals surface area contributed by atoms with Crippen LogP contribution in [0.4, 0.5) is 4.79 Å². The second-order valence-electron chi connectivity index (χ2n) is 1.65. The SMILES string of the molecule is [Ir].[NH-]C(=O)N1CCC1.[NH2-]. The van der Waals surface area contributed by atoms with Gasteiger partial charge in [0.15, 0.2) is 6.03 Å². The zero-order chi connectivity index (χ0) is 5.28. The van der Waals surface area contributed by atoms with Crippen LogP contribution in [0.15, 0.2) is 0 Å². The van der Waals surface area contributed by atoms with E-state index in [4.69, 9.17) is 5.73 Å². The van der Waals surface area contributed by atoms with E-state index in [0.29, 0.717) is 0 Å². The van der Waals surface area contributed by atoms with Crippen molar-refractivity contribution in [2.24, 2.45) is 0 Å². The Morgan fingerprint density at radius 3 is 1.89 bits per heavy atom. The fourth-order valence-corrected chi connectivity index (χ4v) is 0.519. The Labute approximate surface area is 67.7 Å². The Balaban J connectivity index is 0. The zero-order valence-corrected chi connectivity index (χ0v) is 7.28. The van der Waals surface area contributed by atoms with Crippen LogP contribution in [-0.2, 0) is 20.1 Å². The maximum Gasteiger partial charge on any atom is 0.152 e. The molecule has 4 nitrogen and oxygen atoms in total. The average Bonchev–Trinajstić information content (AvgIpc) is 1.23. The van der Waals surface area contributed by atoms with Gasteiger partial charge in [-0.1, -0.05) is 6.42 Å². The van der Waals surface area contributed by atoms with Crippen LogP contribution in [0, 0.1) is 0 Å². The number of carbonyl (C=O) groups excluding carboxylic acids is 1. The number of nitrogens with zero attached hydrogens (tertiary/aromatic N) is 1. The molecule has 1 fully saturated rings. The molecule has 1 aliphatic heterocycles. The fourth-order valence-electron chi connectivity index (χ4n) is 0.519. The van der Waals surface area contributed by atoms with Gasteiger partial charge >= 0.3 is 0 Å². The van der Waals surface area contributed by atoms with Crippen molar-refractivity contribution in [3.63, 3.8) is 0 Å². The van der Waals surface area contributed by atoms with Gasteiger partial charge in [-0.05, 0) is 13.1 Å². The Morgan fingerprint density at radius 1 is 1.44 bits per heavy atom. The predicted octanol–water partition coefficient (Wildman–Crippen LogP) is 1.58. The van der Waals surface area contributed by atoms with E-state index in [2.05, 4.69) is 0 Å². The van der Waals surface area contributed by atoms with Crippen molar-refractivity contribution in [2.45, 2.75) is 6.42 Å². The van der Waals surface area contributed by atoms with E-state index in [1.165, 1.54) is 4.90 Å². The molecule has 1 saturated heterocycles. The molecule has 0 aliphatic carbocycles. The second-order valence-corrected chi connectivity index (χ2v) is 1.65. The summed E-state index contributed by atoms with van der Waals surface area (Å²) in [4.78, 5) is 11.5. The van der Waals surface area contributed by atoms with Crippen LogP contribution < -0.4 is 0 Å². The molecule has 5 heteroatoms. The minimum Gasteiger partial charge on any atom is -0.693 e. The monoisotopic (exact) mass is 308 g/mol. The summed E-state index contributed by atoms with van der Waals surface area (Å²) in [6.45, 7) is 1.59. The molecule has 0 spiro atoms. The standard InChI is InChI=1S/C4H8N2O.Ir.H2N/c5-4(7)6-2-1-3-6;;/h1-3H2,(H2,5,7);;1H2/q;;-1/p-1. The molecule has 0 aromatic heterocycles. The minimum absolute atomic E-state index is 0. The van der Waals surface area contributed by atoms with E-state index in [1.807, 2.05) is 0 Å². The molecule has 2 amide bonds. The van der Waals surface area contributed by atoms with E-state index >= 15 is 0 Å². The first-order chi connectivity index (χ1) is 3.30. The first-order valence-corrected chi connectivity index (χ1v) is 2.31. The molecule has 0 unspecified atom stereocenters. The summed E-state index contributed by atoms with van der Waals surface area (Å²) in [5.41, 5.74) is 6.52. The van der Waals surface area contributed by atoms with Gasteiger partial charge in [-0.25, -0.2) is 0 Å². The summed E-state index contributed by atoms with van der Waals surface area (Å²) in [6.07, 6.45) is 1.07. The van der Waals surface area contributed by atoms with Crippen LogP contribution in [-0.4, -0.2) is 24.0 Å². The Bertz CT molecular complexity index is 93.8. The molecule has 1 aliphatic rings. The normalized spacial score (nSPS) is 14.4. The van der Waals surface area contributed by atoms with E-state index in [-0.39, 0.29) is 26.3 Å². The molecule has 0 atom stereocenters. The number of likely N-dealkylation sites (tertiary alicyclic amines) is 1. The van der Waals surface area contributed by atoms with Gasteiger partial charge in [0.05, 0.1) is 0 Å². The van der Waals surface area contributed by atoms with Crippen molar-refractivity contribution in [3.8, 4) is 0 Å². The Kier molecular flexibility index (Phi) is 6.12. The number of hydrogen-bond donors (Lipinski definition) is 0.